The Labute approximate surface area is 121 Å². The summed E-state index contributed by atoms with van der Waals surface area (Å²) in [6.07, 6.45) is 5.42. The number of nitrogens with zero attached hydrogens (tertiary/aromatic N) is 4. The highest BCUT2D eigenvalue weighted by atomic mass is 15.4. The van der Waals surface area contributed by atoms with E-state index in [1.165, 1.54) is 38.3 Å². The average Bonchev–Trinajstić information content (AvgIpc) is 2.94. The van der Waals surface area contributed by atoms with Gasteiger partial charge in [-0.25, -0.2) is 0 Å². The maximum Gasteiger partial charge on any atom is 0.0538 e. The van der Waals surface area contributed by atoms with Crippen LogP contribution in [0.2, 0.25) is 0 Å². The molecule has 3 aliphatic heterocycles. The van der Waals surface area contributed by atoms with Crippen molar-refractivity contribution in [2.24, 2.45) is 0 Å². The van der Waals surface area contributed by atoms with Crippen molar-refractivity contribution >= 4 is 0 Å². The Morgan fingerprint density at radius 1 is 1.30 bits per heavy atom. The zero-order valence-electron chi connectivity index (χ0n) is 12.8. The van der Waals surface area contributed by atoms with Gasteiger partial charge in [0, 0.05) is 57.1 Å². The second-order valence-electron chi connectivity index (χ2n) is 5.98. The highest BCUT2D eigenvalue weighted by Gasteiger charge is 2.37. The Balaban J connectivity index is 1.77. The van der Waals surface area contributed by atoms with Crippen LogP contribution in [0.4, 0.5) is 0 Å². The standard InChI is InChI=1S/C15H27N5/c1-3-5-20-11-13(10-17-20)15(16-4-2)14-12-18-6-8-19(14)9-7-18/h10-11,14-16H,3-9,12H2,1-2H3. The summed E-state index contributed by atoms with van der Waals surface area (Å²) in [6, 6.07) is 1.01. The molecule has 3 aliphatic rings. The van der Waals surface area contributed by atoms with Gasteiger partial charge in [-0.05, 0) is 13.0 Å². The third-order valence-electron chi connectivity index (χ3n) is 4.60. The van der Waals surface area contributed by atoms with Gasteiger partial charge < -0.3 is 5.32 Å². The normalized spacial score (nSPS) is 30.6. The van der Waals surface area contributed by atoms with Crippen molar-refractivity contribution in [1.29, 1.82) is 0 Å². The Kier molecular flexibility index (Phi) is 4.38. The zero-order chi connectivity index (χ0) is 13.9. The number of hydrogen-bond donors (Lipinski definition) is 1. The molecule has 1 aromatic rings. The lowest BCUT2D eigenvalue weighted by molar-refractivity contribution is -0.00344. The topological polar surface area (TPSA) is 36.3 Å². The summed E-state index contributed by atoms with van der Waals surface area (Å²) in [6.45, 7) is 12.5. The Morgan fingerprint density at radius 3 is 2.70 bits per heavy atom. The van der Waals surface area contributed by atoms with Crippen LogP contribution < -0.4 is 5.32 Å². The molecule has 1 aromatic heterocycles. The van der Waals surface area contributed by atoms with Crippen LogP contribution in [0.5, 0.6) is 0 Å². The molecule has 3 fully saturated rings. The molecular weight excluding hydrogens is 250 g/mol. The first-order valence-electron chi connectivity index (χ1n) is 8.04. The van der Waals surface area contributed by atoms with E-state index >= 15 is 0 Å². The lowest BCUT2D eigenvalue weighted by Gasteiger charge is -2.50. The smallest absolute Gasteiger partial charge is 0.0538 e. The summed E-state index contributed by atoms with van der Waals surface area (Å²) < 4.78 is 2.08. The Morgan fingerprint density at radius 2 is 2.10 bits per heavy atom. The number of aromatic nitrogens is 2. The van der Waals surface area contributed by atoms with Crippen molar-refractivity contribution < 1.29 is 0 Å². The molecule has 5 nitrogen and oxygen atoms in total. The van der Waals surface area contributed by atoms with E-state index < -0.39 is 0 Å². The van der Waals surface area contributed by atoms with E-state index in [0.29, 0.717) is 12.1 Å². The third-order valence-corrected chi connectivity index (χ3v) is 4.60. The lowest BCUT2D eigenvalue weighted by Crippen LogP contribution is -2.63. The molecule has 20 heavy (non-hydrogen) atoms. The van der Waals surface area contributed by atoms with Crippen LogP contribution in [0, 0.1) is 0 Å². The van der Waals surface area contributed by atoms with Crippen LogP contribution in [0.25, 0.3) is 0 Å². The Bertz CT molecular complexity index is 422. The molecule has 0 spiro atoms. The molecule has 1 N–H and O–H groups in total. The molecule has 3 saturated heterocycles. The van der Waals surface area contributed by atoms with Crippen molar-refractivity contribution in [1.82, 2.24) is 24.9 Å². The van der Waals surface area contributed by atoms with Crippen molar-refractivity contribution in [3.8, 4) is 0 Å². The minimum Gasteiger partial charge on any atom is -0.309 e. The molecule has 0 amide bonds. The van der Waals surface area contributed by atoms with Gasteiger partial charge in [0.2, 0.25) is 0 Å². The average molecular weight is 277 g/mol. The summed E-state index contributed by atoms with van der Waals surface area (Å²) in [5.41, 5.74) is 1.35. The molecule has 0 saturated carbocycles. The summed E-state index contributed by atoms with van der Waals surface area (Å²) >= 11 is 0. The molecule has 112 valence electrons. The fraction of sp³-hybridized carbons (Fsp3) is 0.800. The summed E-state index contributed by atoms with van der Waals surface area (Å²) in [7, 11) is 0. The number of hydrogen-bond acceptors (Lipinski definition) is 4. The van der Waals surface area contributed by atoms with Gasteiger partial charge in [-0.1, -0.05) is 13.8 Å². The molecule has 0 aliphatic carbocycles. The van der Waals surface area contributed by atoms with Crippen LogP contribution in [0.15, 0.2) is 12.4 Å². The number of aryl methyl sites for hydroxylation is 1. The van der Waals surface area contributed by atoms with Crippen molar-refractivity contribution in [2.45, 2.75) is 38.9 Å². The molecule has 2 atom stereocenters. The predicted molar refractivity (Wildman–Crippen MR) is 80.7 cm³/mol. The minimum atomic E-state index is 0.411. The van der Waals surface area contributed by atoms with Gasteiger partial charge in [-0.15, -0.1) is 0 Å². The van der Waals surface area contributed by atoms with Gasteiger partial charge in [0.25, 0.3) is 0 Å². The number of piperazine rings is 3. The van der Waals surface area contributed by atoms with Gasteiger partial charge in [0.05, 0.1) is 12.2 Å². The first-order chi connectivity index (χ1) is 9.81. The van der Waals surface area contributed by atoms with Crippen LogP contribution in [-0.2, 0) is 6.54 Å². The van der Waals surface area contributed by atoms with E-state index in [9.17, 15) is 0 Å². The quantitative estimate of drug-likeness (QED) is 0.840. The molecule has 2 bridgehead atoms. The molecule has 4 heterocycles. The van der Waals surface area contributed by atoms with Crippen molar-refractivity contribution in [3.05, 3.63) is 18.0 Å². The maximum absolute atomic E-state index is 4.51. The van der Waals surface area contributed by atoms with E-state index in [1.807, 2.05) is 0 Å². The third kappa shape index (κ3) is 2.75. The fourth-order valence-corrected chi connectivity index (χ4v) is 3.56. The van der Waals surface area contributed by atoms with Gasteiger partial charge in [0.1, 0.15) is 0 Å². The highest BCUT2D eigenvalue weighted by Crippen LogP contribution is 2.27. The van der Waals surface area contributed by atoms with Crippen molar-refractivity contribution in [2.75, 3.05) is 39.3 Å². The van der Waals surface area contributed by atoms with Gasteiger partial charge >= 0.3 is 0 Å². The van der Waals surface area contributed by atoms with Crippen LogP contribution in [0.1, 0.15) is 31.9 Å². The second-order valence-corrected chi connectivity index (χ2v) is 5.98. The molecule has 0 aromatic carbocycles. The van der Waals surface area contributed by atoms with Gasteiger partial charge in [-0.2, -0.15) is 5.10 Å². The van der Waals surface area contributed by atoms with E-state index in [-0.39, 0.29) is 0 Å². The number of nitrogens with one attached hydrogen (secondary N) is 1. The van der Waals surface area contributed by atoms with Gasteiger partial charge in [-0.3, -0.25) is 14.5 Å². The lowest BCUT2D eigenvalue weighted by atomic mass is 9.96. The fourth-order valence-electron chi connectivity index (χ4n) is 3.56. The molecule has 5 heteroatoms. The zero-order valence-corrected chi connectivity index (χ0v) is 12.8. The number of rotatable bonds is 6. The summed E-state index contributed by atoms with van der Waals surface area (Å²) in [5, 5.41) is 8.20. The number of likely N-dealkylation sites (N-methyl/N-ethyl adjacent to an activating group) is 1. The monoisotopic (exact) mass is 277 g/mol. The highest BCUT2D eigenvalue weighted by molar-refractivity contribution is 5.15. The predicted octanol–water partition coefficient (Wildman–Crippen LogP) is 0.944. The molecule has 0 radical (unpaired) electrons. The summed E-state index contributed by atoms with van der Waals surface area (Å²) in [5.74, 6) is 0. The van der Waals surface area contributed by atoms with E-state index in [0.717, 1.165) is 19.5 Å². The Hall–Kier alpha value is -0.910. The molecule has 4 rings (SSSR count). The van der Waals surface area contributed by atoms with E-state index in [4.69, 9.17) is 0 Å². The largest absolute Gasteiger partial charge is 0.309 e. The first-order valence-corrected chi connectivity index (χ1v) is 8.04. The first kappa shape index (κ1) is 14.0. The van der Waals surface area contributed by atoms with Crippen LogP contribution in [0.3, 0.4) is 0 Å². The van der Waals surface area contributed by atoms with Crippen LogP contribution >= 0.6 is 0 Å². The van der Waals surface area contributed by atoms with Gasteiger partial charge in [0.15, 0.2) is 0 Å². The van der Waals surface area contributed by atoms with Crippen molar-refractivity contribution in [3.63, 3.8) is 0 Å². The molecular formula is C15H27N5. The summed E-state index contributed by atoms with van der Waals surface area (Å²) in [4.78, 5) is 5.26. The molecule has 2 unspecified atom stereocenters. The van der Waals surface area contributed by atoms with E-state index in [1.54, 1.807) is 0 Å². The SMILES string of the molecule is CCCn1cc(C(NCC)C2CN3CCN2CC3)cn1. The van der Waals surface area contributed by atoms with Crippen LogP contribution in [-0.4, -0.2) is 64.9 Å². The number of fused-ring (bicyclic) bond motifs is 3. The second kappa shape index (κ2) is 6.24. The minimum absolute atomic E-state index is 0.411. The maximum atomic E-state index is 4.51. The van der Waals surface area contributed by atoms with E-state index in [2.05, 4.69) is 51.1 Å².